The van der Waals surface area contributed by atoms with E-state index in [1.165, 1.54) is 18.3 Å². The first-order valence-electron chi connectivity index (χ1n) is 13.0. The van der Waals surface area contributed by atoms with Gasteiger partial charge in [0.05, 0.1) is 35.8 Å². The first-order valence-corrected chi connectivity index (χ1v) is 13.0. The Kier molecular flexibility index (Phi) is 8.03. The SMILES string of the molecule is C[C@@H]1CN(c2cc(F)c(-c3ccnc(N4CCOCC4)n3)cc2NC(=O)c2c[nH]c(=O)cc2C(F)F)CCN1C. The van der Waals surface area contributed by atoms with Crippen molar-refractivity contribution in [1.82, 2.24) is 19.9 Å². The molecule has 0 aliphatic carbocycles. The molecule has 0 radical (unpaired) electrons. The Morgan fingerprint density at radius 2 is 1.93 bits per heavy atom. The number of aromatic amines is 1. The monoisotopic (exact) mass is 557 g/mol. The van der Waals surface area contributed by atoms with Gasteiger partial charge in [0, 0.05) is 68.4 Å². The van der Waals surface area contributed by atoms with Crippen LogP contribution in [-0.2, 0) is 4.74 Å². The molecule has 2 fully saturated rings. The van der Waals surface area contributed by atoms with Crippen LogP contribution in [0.2, 0.25) is 0 Å². The van der Waals surface area contributed by atoms with Crippen LogP contribution >= 0.6 is 0 Å². The van der Waals surface area contributed by atoms with Crippen LogP contribution in [-0.4, -0.2) is 84.8 Å². The minimum Gasteiger partial charge on any atom is -0.378 e. The predicted molar refractivity (Wildman–Crippen MR) is 145 cm³/mol. The third kappa shape index (κ3) is 5.80. The molecule has 3 aromatic rings. The zero-order valence-corrected chi connectivity index (χ0v) is 22.2. The summed E-state index contributed by atoms with van der Waals surface area (Å²) < 4.78 is 48.4. The molecule has 1 amide bonds. The molecule has 0 spiro atoms. The number of nitrogens with one attached hydrogen (secondary N) is 2. The molecule has 2 aliphatic rings. The van der Waals surface area contributed by atoms with E-state index < -0.39 is 29.3 Å². The number of alkyl halides is 2. The van der Waals surface area contributed by atoms with E-state index in [2.05, 4.69) is 25.2 Å². The number of H-pyrrole nitrogens is 1. The van der Waals surface area contributed by atoms with Crippen LogP contribution in [0.5, 0.6) is 0 Å². The van der Waals surface area contributed by atoms with Crippen molar-refractivity contribution < 1.29 is 22.7 Å². The Labute approximate surface area is 228 Å². The molecule has 5 rings (SSSR count). The van der Waals surface area contributed by atoms with Crippen LogP contribution in [0.4, 0.5) is 30.5 Å². The lowest BCUT2D eigenvalue weighted by Gasteiger charge is -2.39. The number of hydrogen-bond donors (Lipinski definition) is 2. The number of anilines is 3. The number of amides is 1. The number of likely N-dealkylation sites (N-methyl/N-ethyl adjacent to an activating group) is 1. The van der Waals surface area contributed by atoms with Gasteiger partial charge in [0.25, 0.3) is 12.3 Å². The highest BCUT2D eigenvalue weighted by molar-refractivity contribution is 6.07. The van der Waals surface area contributed by atoms with Crippen molar-refractivity contribution in [3.63, 3.8) is 0 Å². The summed E-state index contributed by atoms with van der Waals surface area (Å²) >= 11 is 0. The van der Waals surface area contributed by atoms with Gasteiger partial charge in [0.15, 0.2) is 0 Å². The third-order valence-corrected chi connectivity index (χ3v) is 7.28. The van der Waals surface area contributed by atoms with Crippen LogP contribution in [0.3, 0.4) is 0 Å². The van der Waals surface area contributed by atoms with Gasteiger partial charge in [0.2, 0.25) is 11.5 Å². The molecule has 0 unspecified atom stereocenters. The molecule has 2 saturated heterocycles. The highest BCUT2D eigenvalue weighted by Crippen LogP contribution is 2.36. The summed E-state index contributed by atoms with van der Waals surface area (Å²) in [6.07, 6.45) is -0.541. The van der Waals surface area contributed by atoms with E-state index in [-0.39, 0.29) is 22.9 Å². The fourth-order valence-corrected chi connectivity index (χ4v) is 4.86. The van der Waals surface area contributed by atoms with Gasteiger partial charge in [-0.3, -0.25) is 9.59 Å². The molecule has 2 aromatic heterocycles. The molecule has 212 valence electrons. The third-order valence-electron chi connectivity index (χ3n) is 7.28. The average molecular weight is 558 g/mol. The lowest BCUT2D eigenvalue weighted by molar-refractivity contribution is 0.101. The summed E-state index contributed by atoms with van der Waals surface area (Å²) in [5.74, 6) is -0.981. The van der Waals surface area contributed by atoms with Gasteiger partial charge in [-0.2, -0.15) is 0 Å². The zero-order valence-electron chi connectivity index (χ0n) is 22.2. The van der Waals surface area contributed by atoms with Gasteiger partial charge < -0.3 is 29.7 Å². The zero-order chi connectivity index (χ0) is 28.4. The second kappa shape index (κ2) is 11.6. The Morgan fingerprint density at radius 3 is 2.65 bits per heavy atom. The van der Waals surface area contributed by atoms with E-state index in [0.717, 1.165) is 6.20 Å². The van der Waals surface area contributed by atoms with E-state index in [4.69, 9.17) is 4.74 Å². The lowest BCUT2D eigenvalue weighted by atomic mass is 10.1. The molecule has 0 bridgehead atoms. The Hall–Kier alpha value is -3.97. The number of ether oxygens (including phenoxy) is 1. The second-order valence-electron chi connectivity index (χ2n) is 9.89. The molecule has 1 atom stereocenters. The highest BCUT2D eigenvalue weighted by Gasteiger charge is 2.27. The number of piperazine rings is 1. The maximum absolute atomic E-state index is 15.7. The topological polar surface area (TPSA) is 107 Å². The molecule has 0 saturated carbocycles. The van der Waals surface area contributed by atoms with Gasteiger partial charge in [-0.15, -0.1) is 0 Å². The summed E-state index contributed by atoms with van der Waals surface area (Å²) in [5, 5.41) is 2.69. The van der Waals surface area contributed by atoms with Crippen LogP contribution in [0.1, 0.15) is 29.3 Å². The van der Waals surface area contributed by atoms with Crippen molar-refractivity contribution in [3.05, 3.63) is 64.0 Å². The lowest BCUT2D eigenvalue weighted by Crippen LogP contribution is -2.50. The van der Waals surface area contributed by atoms with E-state index in [0.29, 0.717) is 69.3 Å². The van der Waals surface area contributed by atoms with Crippen molar-refractivity contribution >= 4 is 23.2 Å². The summed E-state index contributed by atoms with van der Waals surface area (Å²) in [4.78, 5) is 42.1. The van der Waals surface area contributed by atoms with Crippen molar-refractivity contribution in [1.29, 1.82) is 0 Å². The quantitative estimate of drug-likeness (QED) is 0.476. The number of benzene rings is 1. The van der Waals surface area contributed by atoms with Crippen molar-refractivity contribution in [2.75, 3.05) is 68.1 Å². The number of pyridine rings is 1. The van der Waals surface area contributed by atoms with E-state index >= 15 is 4.39 Å². The number of aromatic nitrogens is 3. The van der Waals surface area contributed by atoms with Gasteiger partial charge in [0.1, 0.15) is 5.82 Å². The van der Waals surface area contributed by atoms with Crippen molar-refractivity contribution in [2.45, 2.75) is 19.4 Å². The van der Waals surface area contributed by atoms with Crippen LogP contribution in [0, 0.1) is 5.82 Å². The fourth-order valence-electron chi connectivity index (χ4n) is 4.86. The molecule has 1 aromatic carbocycles. The summed E-state index contributed by atoms with van der Waals surface area (Å²) in [6, 6.07) is 5.22. The number of morpholine rings is 1. The van der Waals surface area contributed by atoms with E-state index in [9.17, 15) is 18.4 Å². The number of hydrogen-bond acceptors (Lipinski definition) is 8. The van der Waals surface area contributed by atoms with Gasteiger partial charge >= 0.3 is 0 Å². The van der Waals surface area contributed by atoms with Crippen LogP contribution in [0.15, 0.2) is 41.5 Å². The van der Waals surface area contributed by atoms with Crippen molar-refractivity contribution in [2.24, 2.45) is 0 Å². The molecular weight excluding hydrogens is 527 g/mol. The van der Waals surface area contributed by atoms with Crippen LogP contribution < -0.4 is 20.7 Å². The smallest absolute Gasteiger partial charge is 0.264 e. The first kappa shape index (κ1) is 27.6. The average Bonchev–Trinajstić information content (AvgIpc) is 2.95. The fraction of sp³-hybridized carbons (Fsp3) is 0.407. The van der Waals surface area contributed by atoms with Gasteiger partial charge in [-0.25, -0.2) is 23.1 Å². The maximum Gasteiger partial charge on any atom is 0.264 e. The van der Waals surface area contributed by atoms with Crippen LogP contribution in [0.25, 0.3) is 11.3 Å². The Morgan fingerprint density at radius 1 is 1.15 bits per heavy atom. The standard InChI is InChI=1S/C27H30F3N7O3/c1-16-15-37(6-5-35(16)2)23-13-20(28)18(21-3-4-31-27(34-21)36-7-9-40-10-8-36)11-22(23)33-26(39)19-14-32-24(38)12-17(19)25(29)30/h3-4,11-14,16,25H,5-10,15H2,1-2H3,(H,32,38)(H,33,39)/t16-/m1/s1. The molecule has 2 N–H and O–H groups in total. The number of halogens is 3. The number of carbonyl (C=O) groups is 1. The van der Waals surface area contributed by atoms with E-state index in [1.807, 2.05) is 23.8 Å². The summed E-state index contributed by atoms with van der Waals surface area (Å²) in [5.41, 5.74) is -0.744. The molecule has 13 heteroatoms. The summed E-state index contributed by atoms with van der Waals surface area (Å²) in [6.45, 7) is 6.13. The molecular formula is C27H30F3N7O3. The Balaban J connectivity index is 1.55. The minimum absolute atomic E-state index is 0.119. The largest absolute Gasteiger partial charge is 0.378 e. The number of rotatable bonds is 6. The van der Waals surface area contributed by atoms with E-state index in [1.54, 1.807) is 6.07 Å². The highest BCUT2D eigenvalue weighted by atomic mass is 19.3. The first-order chi connectivity index (χ1) is 19.2. The number of nitrogens with zero attached hydrogens (tertiary/aromatic N) is 5. The Bertz CT molecular complexity index is 1450. The van der Waals surface area contributed by atoms with Gasteiger partial charge in [-0.05, 0) is 32.2 Å². The van der Waals surface area contributed by atoms with Crippen molar-refractivity contribution in [3.8, 4) is 11.3 Å². The molecule has 4 heterocycles. The normalized spacial score (nSPS) is 18.3. The minimum atomic E-state index is -3.04. The molecule has 40 heavy (non-hydrogen) atoms. The predicted octanol–water partition coefficient (Wildman–Crippen LogP) is 3.14. The number of carbonyl (C=O) groups excluding carboxylic acids is 1. The molecule has 2 aliphatic heterocycles. The van der Waals surface area contributed by atoms with Gasteiger partial charge in [-0.1, -0.05) is 0 Å². The molecule has 10 nitrogen and oxygen atoms in total. The second-order valence-corrected chi connectivity index (χ2v) is 9.89. The maximum atomic E-state index is 15.7. The summed E-state index contributed by atoms with van der Waals surface area (Å²) in [7, 11) is 2.00.